The predicted octanol–water partition coefficient (Wildman–Crippen LogP) is -8.15. The van der Waals surface area contributed by atoms with E-state index in [1.807, 2.05) is 19.6 Å². The number of guanidine groups is 2. The van der Waals surface area contributed by atoms with Crippen molar-refractivity contribution in [3.05, 3.63) is 71.8 Å². The van der Waals surface area contributed by atoms with Crippen molar-refractivity contribution in [1.82, 2.24) is 99.4 Å². The standard InChI is InChI=1S/C77H118N23O23.In/c78-76(79)84-27-13-9-19-49-68(116)86-41-59(102)89-56(39-62(105)106)74(122)95-54(37-47-15-3-1-4-16-47)72(120)93-51(70(118)91-49)21-7-11-25-82-58(101)24-23-53(88-61(104)43-97-29-31-98(44-64(109)110)33-35-100(46-66(113)114)36-34-99(32-30-97)45-65(111)112)67(115)83-26-12-8-22-52-71(119)92-50(20-10-14-28-85-77(80)81)69(117)87-42-60(103)90-57(40-63(107)108)75(123)96-55(73(121)94-52)38-48-17-5-2-6-18-48;/h1-6,15-18,49-57,61,88H,7-14,19-46H2,(H,82,101)(H,83,115)(H,86,116)(H,87,117)(H,89,102)(H,90,103)(H,91,118)(H,92,119)(H,93,120)(H,94,121)(H,95,122)(H,96,123)(H,105,106)(H,107,108)(H,109,110)(H,111,112)(H,113,114)(H4,78,79,84)(H4,80,81,85);/q-1;+3/p-3/t49-,50-,51-,52-,53?,54+,55+,56-,57-,61?;/m0./s1/i;1-4. The second kappa shape index (κ2) is 50.4. The van der Waals surface area contributed by atoms with Gasteiger partial charge in [0.25, 0.3) is 0 Å². The molecule has 6 heterocycles. The number of nitrogens with two attached hydrogens (primary N) is 2. The number of carbonyl (C=O) groups is 17. The molecule has 0 aliphatic carbocycles. The van der Waals surface area contributed by atoms with Gasteiger partial charge in [-0.15, -0.1) is 0 Å². The zero-order valence-electron chi connectivity index (χ0n) is 69.0. The van der Waals surface area contributed by atoms with E-state index in [1.54, 1.807) is 60.7 Å². The molecule has 2 aromatic carbocycles. The second-order valence-corrected chi connectivity index (χ2v) is 37.1. The molecule has 124 heavy (non-hydrogen) atoms. The van der Waals surface area contributed by atoms with Gasteiger partial charge in [0.1, 0.15) is 42.3 Å². The Hall–Kier alpha value is -11.4. The van der Waals surface area contributed by atoms with E-state index in [9.17, 15) is 86.9 Å². The third-order valence-electron chi connectivity index (χ3n) is 21.1. The van der Waals surface area contributed by atoms with Gasteiger partial charge in [0, 0.05) is 25.9 Å². The Kier molecular flexibility index (Phi) is 39.8. The van der Waals surface area contributed by atoms with Crippen molar-refractivity contribution in [2.75, 3.05) is 118 Å². The van der Waals surface area contributed by atoms with Crippen molar-refractivity contribution in [2.45, 2.75) is 176 Å². The minimum absolute atomic E-state index is 0.0231. The van der Waals surface area contributed by atoms with Gasteiger partial charge in [0.15, 0.2) is 11.9 Å². The van der Waals surface area contributed by atoms with Crippen molar-refractivity contribution < 1.29 is 103 Å². The first-order chi connectivity index (χ1) is 59.3. The normalized spacial score (nSPS) is 26.3. The molecule has 0 saturated carbocycles. The number of rotatable bonds is 34. The first kappa shape index (κ1) is 98.0. The zero-order chi connectivity index (χ0) is 89.7. The topological polar surface area (TPSA) is 661 Å². The van der Waals surface area contributed by atoms with Gasteiger partial charge in [-0.2, -0.15) is 0 Å². The second-order valence-electron chi connectivity index (χ2n) is 31.0. The summed E-state index contributed by atoms with van der Waals surface area (Å²) in [5.74, 6) is -17.0. The van der Waals surface area contributed by atoms with Gasteiger partial charge in [-0.05, 0) is 49.7 Å². The van der Waals surface area contributed by atoms with E-state index in [0.717, 1.165) is 0 Å². The maximum atomic E-state index is 15.1. The average Bonchev–Trinajstić information content (AvgIpc) is 1.49. The van der Waals surface area contributed by atoms with Crippen LogP contribution in [0.3, 0.4) is 0 Å². The molecular formula is C77H115InN23O23-. The number of benzene rings is 2. The molecule has 46 nitrogen and oxygen atoms in total. The van der Waals surface area contributed by atoms with E-state index in [4.69, 9.17) is 33.7 Å². The van der Waals surface area contributed by atoms with Gasteiger partial charge in [0.05, 0.1) is 25.9 Å². The maximum absolute atomic E-state index is 15.1. The van der Waals surface area contributed by atoms with Crippen LogP contribution in [0.5, 0.6) is 0 Å². The number of carboxylic acids is 2. The van der Waals surface area contributed by atoms with Gasteiger partial charge >= 0.3 is 307 Å². The molecule has 5 bridgehead atoms. The summed E-state index contributed by atoms with van der Waals surface area (Å²) in [5.41, 5.74) is 12.0. The van der Waals surface area contributed by atoms with Gasteiger partial charge in [0.2, 0.25) is 53.2 Å². The zero-order valence-corrected chi connectivity index (χ0v) is 72.3. The molecule has 4 unspecified atom stereocenters. The SMILES string of the molecule is N=C(N)NCCCC[C@@H]1NC(=O)[C@H](CCCCNC(=O)CCC(NC2CN3CCN4CCN5CCN(CC3)CC(=O)[O][111In-]([O]C(=O)C5)([O]C(=O)C4)[O]2)C(=O)NCCCC[C@@H]2NC(=O)[C@@H](Cc3ccccc3)NC(=O)[C@H](CC(=O)O)NC(=O)CNC(=O)[C@H](CCCCNC(=N)N)NC2=O)NC(=O)[C@@H](Cc2ccccc2)NC(=O)[C@H](CC(=O)O)NC(=O)CNC1=O. The molecule has 6 aliphatic heterocycles. The number of aliphatic carboxylic acids is 2. The Morgan fingerprint density at radius 3 is 1.13 bits per heavy atom. The summed E-state index contributed by atoms with van der Waals surface area (Å²) < 4.78 is 24.7. The molecule has 0 radical (unpaired) electrons. The smallest absolute Gasteiger partial charge is 0.481 e. The van der Waals surface area contributed by atoms with Gasteiger partial charge in [-0.1, -0.05) is 60.7 Å². The molecule has 47 heteroatoms. The number of carboxylic acid groups (broad SMARTS) is 2. The first-order valence-corrected chi connectivity index (χ1v) is 47.0. The van der Waals surface area contributed by atoms with Crippen LogP contribution in [-0.2, 0) is 106 Å². The summed E-state index contributed by atoms with van der Waals surface area (Å²) in [4.78, 5) is 244. The fourth-order valence-corrected chi connectivity index (χ4v) is 20.5. The van der Waals surface area contributed by atoms with Crippen molar-refractivity contribution in [2.24, 2.45) is 11.5 Å². The third-order valence-corrected chi connectivity index (χ3v) is 27.7. The summed E-state index contributed by atoms with van der Waals surface area (Å²) in [6, 6.07) is 3.28. The fourth-order valence-electron chi connectivity index (χ4n) is 14.6. The Morgan fingerprint density at radius 1 is 0.427 bits per heavy atom. The van der Waals surface area contributed by atoms with Crippen LogP contribution in [0.25, 0.3) is 0 Å². The van der Waals surface area contributed by atoms with E-state index in [0.29, 0.717) is 76.3 Å². The average molecular weight is 1840 g/mol. The predicted molar refractivity (Wildman–Crippen MR) is 438 cm³/mol. The van der Waals surface area contributed by atoms with E-state index >= 15 is 4.79 Å². The van der Waals surface area contributed by atoms with Crippen LogP contribution in [0.15, 0.2) is 60.7 Å². The van der Waals surface area contributed by atoms with Crippen LogP contribution in [0.1, 0.15) is 114 Å². The van der Waals surface area contributed by atoms with Crippen LogP contribution in [-0.4, -0.2) is 343 Å². The molecule has 0 aromatic heterocycles. The molecule has 2 aromatic rings. The number of nitrogens with zero attached hydrogens (tertiary/aromatic N) is 4. The van der Waals surface area contributed by atoms with E-state index in [1.165, 1.54) is 0 Å². The fraction of sp³-hybridized carbons (Fsp3) is 0.597. The monoisotopic (exact) mass is 1840 g/mol. The van der Waals surface area contributed by atoms with Crippen LogP contribution >= 0.6 is 0 Å². The summed E-state index contributed by atoms with van der Waals surface area (Å²) in [6.45, 7) is 0.251. The number of unbranched alkanes of at least 4 members (excludes halogenated alkanes) is 4. The summed E-state index contributed by atoms with van der Waals surface area (Å²) in [5, 5.41) is 74.1. The van der Waals surface area contributed by atoms with E-state index in [-0.39, 0.29) is 148 Å². The molecule has 23 N–H and O–H groups in total. The summed E-state index contributed by atoms with van der Waals surface area (Å²) in [7, 11) is 0. The number of nitrogens with one attached hydrogen (secondary N) is 17. The van der Waals surface area contributed by atoms with E-state index in [2.05, 4.69) is 79.8 Å². The third kappa shape index (κ3) is 34.7. The Labute approximate surface area is 721 Å². The summed E-state index contributed by atoms with van der Waals surface area (Å²) in [6.07, 6.45) is -3.27. The van der Waals surface area contributed by atoms with Crippen LogP contribution in [0.4, 0.5) is 0 Å². The molecule has 6 aliphatic rings. The Balaban J connectivity index is 1.04. The van der Waals surface area contributed by atoms with Crippen molar-refractivity contribution in [3.63, 3.8) is 0 Å². The molecule has 12 atom stereocenters. The molecule has 1 spiro atoms. The number of amides is 12. The van der Waals surface area contributed by atoms with Crippen molar-refractivity contribution in [1.29, 1.82) is 10.8 Å². The molecule has 680 valence electrons. The molecule has 6 fully saturated rings. The van der Waals surface area contributed by atoms with Crippen LogP contribution < -0.4 is 91.2 Å². The van der Waals surface area contributed by atoms with Crippen LogP contribution in [0, 0.1) is 10.8 Å². The van der Waals surface area contributed by atoms with Gasteiger partial charge in [-0.3, -0.25) is 68.4 Å². The summed E-state index contributed by atoms with van der Waals surface area (Å²) >= 11 is -6.58. The number of fused-ring (bicyclic) bond motifs is 12. The minimum Gasteiger partial charge on any atom is -0.481 e. The van der Waals surface area contributed by atoms with Gasteiger partial charge < -0.3 is 80.2 Å². The number of hydrogen-bond donors (Lipinski definition) is 21. The minimum atomic E-state index is -6.58. The van der Waals surface area contributed by atoms with Crippen molar-refractivity contribution >= 4 is 134 Å². The first-order valence-electron chi connectivity index (χ1n) is 41.6. The number of hydrogen-bond acceptors (Lipinski definition) is 28. The molecular weight excluding hydrogens is 1730 g/mol. The molecule has 8 rings (SSSR count). The van der Waals surface area contributed by atoms with Gasteiger partial charge in [-0.25, -0.2) is 0 Å². The Morgan fingerprint density at radius 2 is 0.758 bits per heavy atom. The van der Waals surface area contributed by atoms with Crippen LogP contribution in [0.2, 0.25) is 0 Å². The number of carbonyl (C=O) groups excluding carboxylic acids is 15. The Bertz CT molecular complexity index is 4040. The molecule has 6 saturated heterocycles. The quantitative estimate of drug-likeness (QED) is 0.0176. The van der Waals surface area contributed by atoms with E-state index < -0.39 is 215 Å². The van der Waals surface area contributed by atoms with Crippen molar-refractivity contribution in [3.8, 4) is 0 Å². The molecule has 12 amide bonds.